The zero-order valence-corrected chi connectivity index (χ0v) is 13.1. The van der Waals surface area contributed by atoms with Gasteiger partial charge in [-0.2, -0.15) is 0 Å². The Morgan fingerprint density at radius 3 is 2.52 bits per heavy atom. The van der Waals surface area contributed by atoms with Gasteiger partial charge in [0.2, 0.25) is 11.8 Å². The normalized spacial score (nSPS) is 21.7. The first-order valence-electron chi connectivity index (χ1n) is 7.94. The van der Waals surface area contributed by atoms with Crippen LogP contribution in [0.25, 0.3) is 0 Å². The topological polar surface area (TPSA) is 70.7 Å². The van der Waals surface area contributed by atoms with Crippen molar-refractivity contribution in [2.75, 3.05) is 32.8 Å². The average molecular weight is 297 g/mol. The van der Waals surface area contributed by atoms with Crippen LogP contribution in [0.2, 0.25) is 0 Å². The van der Waals surface area contributed by atoms with E-state index in [2.05, 4.69) is 10.6 Å². The summed E-state index contributed by atoms with van der Waals surface area (Å²) in [5.74, 6) is 0.178. The van der Waals surface area contributed by atoms with E-state index >= 15 is 0 Å². The molecule has 0 aromatic heterocycles. The molecule has 2 N–H and O–H groups in total. The Morgan fingerprint density at radius 2 is 2.00 bits per heavy atom. The molecule has 0 radical (unpaired) electrons. The Hall–Kier alpha value is -1.14. The maximum Gasteiger partial charge on any atom is 0.248 e. The number of ether oxygens (including phenoxy) is 1. The number of carbonyl (C=O) groups excluding carboxylic acids is 2. The van der Waals surface area contributed by atoms with Gasteiger partial charge in [-0.25, -0.2) is 0 Å². The number of piperidine rings is 1. The molecule has 2 aliphatic heterocycles. The third-order valence-corrected chi connectivity index (χ3v) is 4.23. The molecule has 0 aromatic carbocycles. The van der Waals surface area contributed by atoms with Gasteiger partial charge in [-0.1, -0.05) is 6.92 Å². The highest BCUT2D eigenvalue weighted by molar-refractivity contribution is 5.78. The van der Waals surface area contributed by atoms with Crippen LogP contribution in [0.4, 0.5) is 0 Å². The molecule has 0 unspecified atom stereocenters. The summed E-state index contributed by atoms with van der Waals surface area (Å²) < 4.78 is 5.68. The predicted octanol–water partition coefficient (Wildman–Crippen LogP) is 0.272. The van der Waals surface area contributed by atoms with Gasteiger partial charge in [0.25, 0.3) is 0 Å². The van der Waals surface area contributed by atoms with Crippen molar-refractivity contribution in [3.63, 3.8) is 0 Å². The highest BCUT2D eigenvalue weighted by atomic mass is 16.5. The van der Waals surface area contributed by atoms with Gasteiger partial charge in [-0.15, -0.1) is 0 Å². The van der Waals surface area contributed by atoms with E-state index in [0.717, 1.165) is 32.4 Å². The fourth-order valence-electron chi connectivity index (χ4n) is 2.71. The summed E-state index contributed by atoms with van der Waals surface area (Å²) in [4.78, 5) is 25.5. The number of carbonyl (C=O) groups is 2. The molecule has 21 heavy (non-hydrogen) atoms. The van der Waals surface area contributed by atoms with E-state index in [9.17, 15) is 9.59 Å². The molecule has 2 rings (SSSR count). The second-order valence-corrected chi connectivity index (χ2v) is 6.31. The molecule has 6 heteroatoms. The van der Waals surface area contributed by atoms with Crippen molar-refractivity contribution in [2.45, 2.75) is 51.2 Å². The maximum atomic E-state index is 12.1. The van der Waals surface area contributed by atoms with E-state index in [1.165, 1.54) is 0 Å². The minimum atomic E-state index is -0.178. The van der Waals surface area contributed by atoms with E-state index in [1.807, 2.05) is 18.7 Å². The largest absolute Gasteiger partial charge is 0.363 e. The lowest BCUT2D eigenvalue weighted by atomic mass is 10.0. The maximum absolute atomic E-state index is 12.1. The van der Waals surface area contributed by atoms with Gasteiger partial charge >= 0.3 is 0 Å². The van der Waals surface area contributed by atoms with Crippen LogP contribution in [0.15, 0.2) is 0 Å². The second-order valence-electron chi connectivity index (χ2n) is 6.31. The summed E-state index contributed by atoms with van der Waals surface area (Å²) in [7, 11) is 0. The number of rotatable bonds is 6. The molecule has 2 saturated heterocycles. The molecule has 0 spiro atoms. The summed E-state index contributed by atoms with van der Waals surface area (Å²) >= 11 is 0. The van der Waals surface area contributed by atoms with Gasteiger partial charge in [-0.05, 0) is 26.2 Å². The van der Waals surface area contributed by atoms with Crippen molar-refractivity contribution >= 4 is 11.8 Å². The summed E-state index contributed by atoms with van der Waals surface area (Å²) in [6.45, 7) is 7.20. The molecular formula is C15H27N3O3. The minimum Gasteiger partial charge on any atom is -0.363 e. The van der Waals surface area contributed by atoms with Crippen molar-refractivity contribution in [3.8, 4) is 0 Å². The van der Waals surface area contributed by atoms with Gasteiger partial charge in [0.1, 0.15) is 6.61 Å². The molecule has 2 fully saturated rings. The van der Waals surface area contributed by atoms with Crippen LogP contribution in [-0.2, 0) is 14.3 Å². The van der Waals surface area contributed by atoms with Crippen LogP contribution < -0.4 is 10.6 Å². The molecular weight excluding hydrogens is 270 g/mol. The van der Waals surface area contributed by atoms with E-state index in [4.69, 9.17) is 4.74 Å². The van der Waals surface area contributed by atoms with Gasteiger partial charge < -0.3 is 20.3 Å². The lowest BCUT2D eigenvalue weighted by Crippen LogP contribution is -2.60. The number of likely N-dealkylation sites (tertiary alicyclic amines) is 1. The molecule has 120 valence electrons. The first-order valence-corrected chi connectivity index (χ1v) is 7.94. The van der Waals surface area contributed by atoms with Crippen molar-refractivity contribution in [1.29, 1.82) is 0 Å². The zero-order chi connectivity index (χ0) is 15.3. The first-order chi connectivity index (χ1) is 10.0. The average Bonchev–Trinajstić information content (AvgIpc) is 2.44. The molecule has 0 saturated carbocycles. The second kappa shape index (κ2) is 7.22. The van der Waals surface area contributed by atoms with Gasteiger partial charge in [0.15, 0.2) is 0 Å². The van der Waals surface area contributed by atoms with Crippen LogP contribution in [0, 0.1) is 0 Å². The van der Waals surface area contributed by atoms with Gasteiger partial charge in [-0.3, -0.25) is 9.59 Å². The van der Waals surface area contributed by atoms with E-state index in [1.54, 1.807) is 0 Å². The molecule has 6 nitrogen and oxygen atoms in total. The smallest absolute Gasteiger partial charge is 0.248 e. The monoisotopic (exact) mass is 297 g/mol. The highest BCUT2D eigenvalue weighted by Gasteiger charge is 2.34. The number of nitrogens with one attached hydrogen (secondary N) is 2. The highest BCUT2D eigenvalue weighted by Crippen LogP contribution is 2.16. The Bertz CT molecular complexity index is 374. The Morgan fingerprint density at radius 1 is 1.33 bits per heavy atom. The predicted molar refractivity (Wildman–Crippen MR) is 79.9 cm³/mol. The van der Waals surface area contributed by atoms with E-state index in [-0.39, 0.29) is 30.1 Å². The summed E-state index contributed by atoms with van der Waals surface area (Å²) in [6, 6.07) is 0.211. The Balaban J connectivity index is 1.65. The molecule has 0 atom stereocenters. The van der Waals surface area contributed by atoms with Crippen LogP contribution in [0.5, 0.6) is 0 Å². The van der Waals surface area contributed by atoms with E-state index < -0.39 is 0 Å². The van der Waals surface area contributed by atoms with Crippen molar-refractivity contribution in [3.05, 3.63) is 0 Å². The van der Waals surface area contributed by atoms with Crippen molar-refractivity contribution < 1.29 is 14.3 Å². The molecule has 0 aromatic rings. The summed E-state index contributed by atoms with van der Waals surface area (Å²) in [5.41, 5.74) is -0.178. The zero-order valence-electron chi connectivity index (χ0n) is 13.1. The third kappa shape index (κ3) is 4.68. The lowest BCUT2D eigenvalue weighted by Gasteiger charge is -2.39. The molecule has 2 heterocycles. The lowest BCUT2D eigenvalue weighted by molar-refractivity contribution is -0.147. The quantitative estimate of drug-likeness (QED) is 0.738. The number of amides is 2. The van der Waals surface area contributed by atoms with Gasteiger partial charge in [0.05, 0.1) is 5.60 Å². The number of hydrogen-bond donors (Lipinski definition) is 2. The standard InChI is InChI=1S/C15H27N3O3/c1-3-4-13(19)17-12-5-7-18(8-6-12)14(20)9-21-15(2)10-16-11-15/h12,16H,3-11H2,1-2H3,(H,17,19). The SMILES string of the molecule is CCCC(=O)NC1CCN(C(=O)COC2(C)CNC2)CC1. The third-order valence-electron chi connectivity index (χ3n) is 4.23. The van der Waals surface area contributed by atoms with Crippen LogP contribution in [0.3, 0.4) is 0 Å². The minimum absolute atomic E-state index is 0.0569. The first kappa shape index (κ1) is 16.2. The summed E-state index contributed by atoms with van der Waals surface area (Å²) in [5, 5.41) is 6.19. The number of nitrogens with zero attached hydrogens (tertiary/aromatic N) is 1. The Kier molecular flexibility index (Phi) is 5.58. The fourth-order valence-corrected chi connectivity index (χ4v) is 2.71. The van der Waals surface area contributed by atoms with Crippen LogP contribution in [-0.4, -0.2) is 61.1 Å². The molecule has 2 amide bonds. The van der Waals surface area contributed by atoms with Crippen molar-refractivity contribution in [1.82, 2.24) is 15.5 Å². The Labute approximate surface area is 126 Å². The molecule has 2 aliphatic rings. The molecule has 0 bridgehead atoms. The fraction of sp³-hybridized carbons (Fsp3) is 0.867. The van der Waals surface area contributed by atoms with Crippen molar-refractivity contribution in [2.24, 2.45) is 0 Å². The molecule has 0 aliphatic carbocycles. The van der Waals surface area contributed by atoms with Gasteiger partial charge in [0, 0.05) is 38.6 Å². The summed E-state index contributed by atoms with van der Waals surface area (Å²) in [6.07, 6.45) is 3.12. The van der Waals surface area contributed by atoms with Crippen LogP contribution in [0.1, 0.15) is 39.5 Å². The van der Waals surface area contributed by atoms with E-state index in [0.29, 0.717) is 19.5 Å². The van der Waals surface area contributed by atoms with Crippen LogP contribution >= 0.6 is 0 Å². The number of hydrogen-bond acceptors (Lipinski definition) is 4.